The van der Waals surface area contributed by atoms with Crippen molar-refractivity contribution in [2.45, 2.75) is 13.8 Å². The van der Waals surface area contributed by atoms with Crippen molar-refractivity contribution in [3.63, 3.8) is 0 Å². The molecule has 0 spiro atoms. The van der Waals surface area contributed by atoms with E-state index in [1.165, 1.54) is 6.07 Å². The van der Waals surface area contributed by atoms with Crippen molar-refractivity contribution in [3.8, 4) is 0 Å². The minimum absolute atomic E-state index is 0.280. The van der Waals surface area contributed by atoms with Gasteiger partial charge in [-0.25, -0.2) is 8.78 Å². The molecule has 2 aromatic rings. The molecule has 0 saturated carbocycles. The minimum Gasteiger partial charge on any atom is -0.288 e. The van der Waals surface area contributed by atoms with Gasteiger partial charge in [0.2, 0.25) is 0 Å². The Morgan fingerprint density at radius 2 is 1.53 bits per heavy atom. The fourth-order valence-electron chi connectivity index (χ4n) is 1.94. The van der Waals surface area contributed by atoms with Gasteiger partial charge in [0, 0.05) is 10.0 Å². The molecule has 4 heteroatoms. The molecule has 0 heterocycles. The topological polar surface area (TPSA) is 17.1 Å². The summed E-state index contributed by atoms with van der Waals surface area (Å²) in [6.07, 6.45) is 0. The van der Waals surface area contributed by atoms with Crippen LogP contribution in [0.5, 0.6) is 0 Å². The highest BCUT2D eigenvalue weighted by atomic mass is 79.9. The van der Waals surface area contributed by atoms with Crippen molar-refractivity contribution in [1.82, 2.24) is 0 Å². The molecule has 19 heavy (non-hydrogen) atoms. The van der Waals surface area contributed by atoms with E-state index in [0.29, 0.717) is 0 Å². The molecular weight excluding hydrogens is 314 g/mol. The predicted octanol–water partition coefficient (Wildman–Crippen LogP) is 4.58. The lowest BCUT2D eigenvalue weighted by atomic mass is 9.99. The smallest absolute Gasteiger partial charge is 0.198 e. The molecule has 0 fully saturated rings. The summed E-state index contributed by atoms with van der Waals surface area (Å²) in [7, 11) is 0. The quantitative estimate of drug-likeness (QED) is 0.739. The van der Waals surface area contributed by atoms with Crippen molar-refractivity contribution in [1.29, 1.82) is 0 Å². The molecular formula is C15H11BrF2O. The Morgan fingerprint density at radius 3 is 2.00 bits per heavy atom. The SMILES string of the molecule is Cc1cc(C(=O)c2c(F)cccc2F)cc(C)c1Br. The van der Waals surface area contributed by atoms with Crippen molar-refractivity contribution in [2.24, 2.45) is 0 Å². The lowest BCUT2D eigenvalue weighted by Gasteiger charge is -2.08. The molecule has 2 aromatic carbocycles. The zero-order valence-electron chi connectivity index (χ0n) is 10.4. The van der Waals surface area contributed by atoms with Crippen LogP contribution in [-0.4, -0.2) is 5.78 Å². The molecule has 0 aliphatic heterocycles. The maximum Gasteiger partial charge on any atom is 0.198 e. The summed E-state index contributed by atoms with van der Waals surface area (Å²) in [5, 5.41) is 0. The van der Waals surface area contributed by atoms with Crippen LogP contribution in [0.1, 0.15) is 27.0 Å². The van der Waals surface area contributed by atoms with E-state index in [1.54, 1.807) is 12.1 Å². The zero-order valence-corrected chi connectivity index (χ0v) is 12.0. The predicted molar refractivity (Wildman–Crippen MR) is 73.4 cm³/mol. The van der Waals surface area contributed by atoms with E-state index in [2.05, 4.69) is 15.9 Å². The molecule has 0 aliphatic carbocycles. The number of hydrogen-bond donors (Lipinski definition) is 0. The third kappa shape index (κ3) is 2.59. The summed E-state index contributed by atoms with van der Waals surface area (Å²) in [6, 6.07) is 6.62. The summed E-state index contributed by atoms with van der Waals surface area (Å²) >= 11 is 3.39. The van der Waals surface area contributed by atoms with Crippen LogP contribution in [0.25, 0.3) is 0 Å². The Labute approximate surface area is 118 Å². The van der Waals surface area contributed by atoms with Crippen LogP contribution in [0.3, 0.4) is 0 Å². The average molecular weight is 325 g/mol. The Morgan fingerprint density at radius 1 is 1.05 bits per heavy atom. The van der Waals surface area contributed by atoms with E-state index in [-0.39, 0.29) is 5.56 Å². The number of hydrogen-bond acceptors (Lipinski definition) is 1. The monoisotopic (exact) mass is 324 g/mol. The minimum atomic E-state index is -0.844. The van der Waals surface area contributed by atoms with E-state index < -0.39 is 23.0 Å². The number of carbonyl (C=O) groups excluding carboxylic acids is 1. The molecule has 0 saturated heterocycles. The average Bonchev–Trinajstić information content (AvgIpc) is 2.35. The first kappa shape index (κ1) is 13.9. The van der Waals surface area contributed by atoms with Gasteiger partial charge in [0.05, 0.1) is 5.56 Å². The second-order valence-corrected chi connectivity index (χ2v) is 5.14. The summed E-state index contributed by atoms with van der Waals surface area (Å²) in [5.74, 6) is -2.33. The lowest BCUT2D eigenvalue weighted by Crippen LogP contribution is -2.08. The van der Waals surface area contributed by atoms with Crippen LogP contribution in [0.4, 0.5) is 8.78 Å². The Bertz CT molecular complexity index is 622. The van der Waals surface area contributed by atoms with Crippen LogP contribution in [0.2, 0.25) is 0 Å². The van der Waals surface area contributed by atoms with Crippen molar-refractivity contribution < 1.29 is 13.6 Å². The molecule has 0 N–H and O–H groups in total. The summed E-state index contributed by atoms with van der Waals surface area (Å²) in [4.78, 5) is 12.2. The first-order chi connectivity index (χ1) is 8.91. The number of rotatable bonds is 2. The number of carbonyl (C=O) groups is 1. The Kier molecular flexibility index (Phi) is 3.80. The van der Waals surface area contributed by atoms with E-state index in [9.17, 15) is 13.6 Å². The Balaban J connectivity index is 2.57. The molecule has 2 rings (SSSR count). The first-order valence-corrected chi connectivity index (χ1v) is 6.46. The molecule has 0 atom stereocenters. The maximum absolute atomic E-state index is 13.6. The number of ketones is 1. The van der Waals surface area contributed by atoms with Crippen LogP contribution in [-0.2, 0) is 0 Å². The number of benzene rings is 2. The van der Waals surface area contributed by atoms with Crippen LogP contribution in [0, 0.1) is 25.5 Å². The van der Waals surface area contributed by atoms with Gasteiger partial charge < -0.3 is 0 Å². The van der Waals surface area contributed by atoms with Gasteiger partial charge in [0.1, 0.15) is 11.6 Å². The van der Waals surface area contributed by atoms with Crippen molar-refractivity contribution in [3.05, 3.63) is 68.7 Å². The molecule has 0 aliphatic rings. The molecule has 0 unspecified atom stereocenters. The van der Waals surface area contributed by atoms with Gasteiger partial charge in [0.15, 0.2) is 5.78 Å². The molecule has 0 bridgehead atoms. The van der Waals surface area contributed by atoms with Gasteiger partial charge >= 0.3 is 0 Å². The number of halogens is 3. The van der Waals surface area contributed by atoms with Crippen molar-refractivity contribution in [2.75, 3.05) is 0 Å². The second kappa shape index (κ2) is 5.21. The largest absolute Gasteiger partial charge is 0.288 e. The highest BCUT2D eigenvalue weighted by molar-refractivity contribution is 9.10. The van der Waals surface area contributed by atoms with E-state index in [4.69, 9.17) is 0 Å². The summed E-state index contributed by atoms with van der Waals surface area (Å²) in [5.41, 5.74) is 1.46. The van der Waals surface area contributed by atoms with Gasteiger partial charge in [-0.05, 0) is 49.2 Å². The van der Waals surface area contributed by atoms with Crippen molar-refractivity contribution >= 4 is 21.7 Å². The standard InChI is InChI=1S/C15H11BrF2O/c1-8-6-10(7-9(2)14(8)16)15(19)13-11(17)4-3-5-12(13)18/h3-7H,1-2H3. The highest BCUT2D eigenvalue weighted by Gasteiger charge is 2.19. The zero-order chi connectivity index (χ0) is 14.2. The van der Waals surface area contributed by atoms with Gasteiger partial charge in [-0.15, -0.1) is 0 Å². The fraction of sp³-hybridized carbons (Fsp3) is 0.133. The van der Waals surface area contributed by atoms with Gasteiger partial charge in [0.25, 0.3) is 0 Å². The molecule has 1 nitrogen and oxygen atoms in total. The third-order valence-corrected chi connectivity index (χ3v) is 4.14. The van der Waals surface area contributed by atoms with Crippen LogP contribution < -0.4 is 0 Å². The summed E-state index contributed by atoms with van der Waals surface area (Å²) in [6.45, 7) is 3.65. The molecule has 0 aromatic heterocycles. The van der Waals surface area contributed by atoms with Gasteiger partial charge in [-0.1, -0.05) is 22.0 Å². The van der Waals surface area contributed by atoms with E-state index >= 15 is 0 Å². The van der Waals surface area contributed by atoms with Gasteiger partial charge in [-0.2, -0.15) is 0 Å². The van der Waals surface area contributed by atoms with E-state index in [0.717, 1.165) is 27.7 Å². The lowest BCUT2D eigenvalue weighted by molar-refractivity contribution is 0.103. The summed E-state index contributed by atoms with van der Waals surface area (Å²) < 4.78 is 28.1. The third-order valence-electron chi connectivity index (χ3n) is 2.89. The molecule has 0 radical (unpaired) electrons. The maximum atomic E-state index is 13.6. The first-order valence-electron chi connectivity index (χ1n) is 5.67. The molecule has 0 amide bonds. The van der Waals surface area contributed by atoms with Crippen LogP contribution >= 0.6 is 15.9 Å². The van der Waals surface area contributed by atoms with E-state index in [1.807, 2.05) is 13.8 Å². The van der Waals surface area contributed by atoms with Gasteiger partial charge in [-0.3, -0.25) is 4.79 Å². The second-order valence-electron chi connectivity index (χ2n) is 4.35. The molecule has 98 valence electrons. The number of aryl methyl sites for hydroxylation is 2. The Hall–Kier alpha value is -1.55. The van der Waals surface area contributed by atoms with Crippen LogP contribution in [0.15, 0.2) is 34.8 Å². The highest BCUT2D eigenvalue weighted by Crippen LogP contribution is 2.25. The normalized spacial score (nSPS) is 10.6. The fourth-order valence-corrected chi connectivity index (χ4v) is 2.16.